The molecule has 1 fully saturated rings. The van der Waals surface area contributed by atoms with Gasteiger partial charge in [-0.1, -0.05) is 13.0 Å². The number of rotatable bonds is 6. The first-order valence-electron chi connectivity index (χ1n) is 7.73. The number of nitrogens with one attached hydrogen (secondary N) is 1. The zero-order valence-corrected chi connectivity index (χ0v) is 15.4. The maximum Gasteiger partial charge on any atom is 0.253 e. The van der Waals surface area contributed by atoms with Gasteiger partial charge in [0.1, 0.15) is 0 Å². The number of nitrogens with zero attached hydrogens (tertiary/aromatic N) is 1. The fourth-order valence-electron chi connectivity index (χ4n) is 2.57. The van der Waals surface area contributed by atoms with Crippen molar-refractivity contribution in [1.29, 1.82) is 0 Å². The second kappa shape index (κ2) is 7.20. The lowest BCUT2D eigenvalue weighted by atomic mass is 10.1. The van der Waals surface area contributed by atoms with Crippen LogP contribution in [0.4, 0.5) is 0 Å². The van der Waals surface area contributed by atoms with Crippen LogP contribution in [-0.2, 0) is 19.9 Å². The Morgan fingerprint density at radius 1 is 1.38 bits per heavy atom. The summed E-state index contributed by atoms with van der Waals surface area (Å²) in [6, 6.07) is 5.41. The number of carbonyl (C=O) groups is 1. The third kappa shape index (κ3) is 4.34. The Kier molecular flexibility index (Phi) is 5.67. The van der Waals surface area contributed by atoms with Gasteiger partial charge in [0.15, 0.2) is 9.84 Å². The normalized spacial score (nSPS) is 20.0. The summed E-state index contributed by atoms with van der Waals surface area (Å²) in [6.07, 6.45) is 1.07. The number of sulfonamides is 1. The van der Waals surface area contributed by atoms with Crippen LogP contribution in [0.3, 0.4) is 0 Å². The van der Waals surface area contributed by atoms with Crippen LogP contribution in [0.2, 0.25) is 0 Å². The van der Waals surface area contributed by atoms with Crippen molar-refractivity contribution in [1.82, 2.24) is 9.62 Å². The van der Waals surface area contributed by atoms with Gasteiger partial charge in [0.2, 0.25) is 10.0 Å². The molecule has 1 amide bonds. The molecule has 0 radical (unpaired) electrons. The van der Waals surface area contributed by atoms with Gasteiger partial charge < -0.3 is 4.90 Å². The second-order valence-corrected chi connectivity index (χ2v) is 9.89. The number of sulfone groups is 1. The predicted molar refractivity (Wildman–Crippen MR) is 91.1 cm³/mol. The minimum Gasteiger partial charge on any atom is -0.338 e. The molecular formula is C15H22N2O5S2. The SMILES string of the molecule is CCCNS(=O)(=O)c1cccc(C(=O)N(C)C2CCS(=O)(=O)C2)c1. The fourth-order valence-corrected chi connectivity index (χ4v) is 5.52. The van der Waals surface area contributed by atoms with Gasteiger partial charge in [-0.05, 0) is 31.0 Å². The Labute approximate surface area is 143 Å². The number of hydrogen-bond donors (Lipinski definition) is 1. The molecule has 0 aliphatic carbocycles. The Bertz CT molecular complexity index is 818. The molecule has 0 saturated carbocycles. The Balaban J connectivity index is 2.20. The molecule has 0 bridgehead atoms. The standard InChI is InChI=1S/C15H22N2O5S2/c1-3-8-16-24(21,22)14-6-4-5-12(10-14)15(18)17(2)13-7-9-23(19,20)11-13/h4-6,10,13,16H,3,7-9,11H2,1-2H3. The number of amides is 1. The summed E-state index contributed by atoms with van der Waals surface area (Å²) in [7, 11) is -5.21. The summed E-state index contributed by atoms with van der Waals surface area (Å²) in [5.41, 5.74) is 0.223. The lowest BCUT2D eigenvalue weighted by Gasteiger charge is -2.23. The first-order valence-corrected chi connectivity index (χ1v) is 11.0. The van der Waals surface area contributed by atoms with Crippen LogP contribution in [0.1, 0.15) is 30.1 Å². The highest BCUT2D eigenvalue weighted by atomic mass is 32.2. The van der Waals surface area contributed by atoms with E-state index in [2.05, 4.69) is 4.72 Å². The van der Waals surface area contributed by atoms with Crippen LogP contribution in [0, 0.1) is 0 Å². The smallest absolute Gasteiger partial charge is 0.253 e. The zero-order valence-electron chi connectivity index (χ0n) is 13.7. The van der Waals surface area contributed by atoms with E-state index in [-0.39, 0.29) is 33.9 Å². The molecule has 0 aromatic heterocycles. The molecule has 9 heteroatoms. The summed E-state index contributed by atoms with van der Waals surface area (Å²) in [6.45, 7) is 2.17. The van der Waals surface area contributed by atoms with Crippen LogP contribution < -0.4 is 4.72 Å². The van der Waals surface area contributed by atoms with E-state index >= 15 is 0 Å². The van der Waals surface area contributed by atoms with Gasteiger partial charge in [0, 0.05) is 25.2 Å². The van der Waals surface area contributed by atoms with Crippen molar-refractivity contribution in [2.45, 2.75) is 30.7 Å². The molecule has 1 aliphatic rings. The monoisotopic (exact) mass is 374 g/mol. The van der Waals surface area contributed by atoms with E-state index in [4.69, 9.17) is 0 Å². The van der Waals surface area contributed by atoms with Crippen molar-refractivity contribution in [3.63, 3.8) is 0 Å². The molecule has 2 rings (SSSR count). The predicted octanol–water partition coefficient (Wildman–Crippen LogP) is 0.634. The van der Waals surface area contributed by atoms with Crippen LogP contribution in [0.5, 0.6) is 0 Å². The van der Waals surface area contributed by atoms with Crippen molar-refractivity contribution in [2.24, 2.45) is 0 Å². The second-order valence-electron chi connectivity index (χ2n) is 5.90. The van der Waals surface area contributed by atoms with Crippen molar-refractivity contribution in [2.75, 3.05) is 25.1 Å². The van der Waals surface area contributed by atoms with Crippen molar-refractivity contribution in [3.8, 4) is 0 Å². The van der Waals surface area contributed by atoms with Crippen LogP contribution in [-0.4, -0.2) is 58.8 Å². The molecule has 1 unspecified atom stereocenters. The maximum absolute atomic E-state index is 12.6. The first kappa shape index (κ1) is 18.9. The molecule has 1 heterocycles. The summed E-state index contributed by atoms with van der Waals surface area (Å²) in [4.78, 5) is 14.0. The molecule has 24 heavy (non-hydrogen) atoms. The van der Waals surface area contributed by atoms with E-state index in [1.54, 1.807) is 7.05 Å². The Morgan fingerprint density at radius 3 is 2.67 bits per heavy atom. The molecule has 1 atom stereocenters. The van der Waals surface area contributed by atoms with E-state index in [0.29, 0.717) is 19.4 Å². The molecular weight excluding hydrogens is 352 g/mol. The molecule has 1 saturated heterocycles. The minimum absolute atomic E-state index is 0.0224. The quantitative estimate of drug-likeness (QED) is 0.787. The average Bonchev–Trinajstić information content (AvgIpc) is 2.91. The van der Waals surface area contributed by atoms with Gasteiger partial charge >= 0.3 is 0 Å². The van der Waals surface area contributed by atoms with Gasteiger partial charge in [-0.3, -0.25) is 4.79 Å². The maximum atomic E-state index is 12.6. The van der Waals surface area contributed by atoms with Gasteiger partial charge in [-0.15, -0.1) is 0 Å². The topological polar surface area (TPSA) is 101 Å². The molecule has 0 spiro atoms. The van der Waals surface area contributed by atoms with E-state index in [0.717, 1.165) is 0 Å². The summed E-state index contributed by atoms with van der Waals surface area (Å²) in [5, 5.41) is 0. The lowest BCUT2D eigenvalue weighted by molar-refractivity contribution is 0.0747. The zero-order chi connectivity index (χ0) is 18.0. The number of benzene rings is 1. The van der Waals surface area contributed by atoms with E-state index in [1.165, 1.54) is 29.2 Å². The van der Waals surface area contributed by atoms with Crippen molar-refractivity contribution < 1.29 is 21.6 Å². The van der Waals surface area contributed by atoms with Gasteiger partial charge in [-0.25, -0.2) is 21.6 Å². The summed E-state index contributed by atoms with van der Waals surface area (Å²) >= 11 is 0. The van der Waals surface area contributed by atoms with Gasteiger partial charge in [-0.2, -0.15) is 0 Å². The highest BCUT2D eigenvalue weighted by Crippen LogP contribution is 2.20. The van der Waals surface area contributed by atoms with Gasteiger partial charge in [0.25, 0.3) is 5.91 Å². The average molecular weight is 374 g/mol. The molecule has 7 nitrogen and oxygen atoms in total. The Hall–Kier alpha value is -1.45. The highest BCUT2D eigenvalue weighted by molar-refractivity contribution is 7.91. The highest BCUT2D eigenvalue weighted by Gasteiger charge is 2.33. The molecule has 1 aromatic rings. The van der Waals surface area contributed by atoms with Crippen LogP contribution in [0.25, 0.3) is 0 Å². The van der Waals surface area contributed by atoms with Crippen LogP contribution in [0.15, 0.2) is 29.2 Å². The summed E-state index contributed by atoms with van der Waals surface area (Å²) < 4.78 is 49.9. The molecule has 1 aliphatic heterocycles. The molecule has 1 N–H and O–H groups in total. The molecule has 134 valence electrons. The Morgan fingerprint density at radius 2 is 2.08 bits per heavy atom. The van der Waals surface area contributed by atoms with E-state index in [1.807, 2.05) is 6.92 Å². The fraction of sp³-hybridized carbons (Fsp3) is 0.533. The first-order chi connectivity index (χ1) is 11.2. The lowest BCUT2D eigenvalue weighted by Crippen LogP contribution is -2.38. The summed E-state index contributed by atoms with van der Waals surface area (Å²) in [5.74, 6) is -0.361. The van der Waals surface area contributed by atoms with E-state index < -0.39 is 19.9 Å². The van der Waals surface area contributed by atoms with Crippen molar-refractivity contribution in [3.05, 3.63) is 29.8 Å². The van der Waals surface area contributed by atoms with Gasteiger partial charge in [0.05, 0.1) is 16.4 Å². The van der Waals surface area contributed by atoms with Crippen molar-refractivity contribution >= 4 is 25.8 Å². The largest absolute Gasteiger partial charge is 0.338 e. The van der Waals surface area contributed by atoms with Crippen LogP contribution >= 0.6 is 0 Å². The number of carbonyl (C=O) groups excluding carboxylic acids is 1. The molecule has 1 aromatic carbocycles. The third-order valence-electron chi connectivity index (χ3n) is 4.01. The minimum atomic E-state index is -3.66. The third-order valence-corrected chi connectivity index (χ3v) is 7.22. The van der Waals surface area contributed by atoms with E-state index in [9.17, 15) is 21.6 Å². The number of hydrogen-bond acceptors (Lipinski definition) is 5.